The molecule has 0 saturated carbocycles. The molecule has 2 aromatic rings. The molecule has 5 nitrogen and oxygen atoms in total. The Kier molecular flexibility index (Phi) is 4.74. The number of carboxylic acid groups (broad SMARTS) is 1. The van der Waals surface area contributed by atoms with Crippen LogP contribution >= 0.6 is 0 Å². The molecular weight excluding hydrogens is 319 g/mol. The molecule has 1 amide bonds. The summed E-state index contributed by atoms with van der Waals surface area (Å²) in [6.45, 7) is 3.55. The molecule has 1 radical (unpaired) electrons. The van der Waals surface area contributed by atoms with E-state index in [9.17, 15) is 9.59 Å². The highest BCUT2D eigenvalue weighted by atomic mass is 16.6. The summed E-state index contributed by atoms with van der Waals surface area (Å²) in [6.07, 6.45) is -0.831. The maximum absolute atomic E-state index is 12.0. The Morgan fingerprint density at radius 1 is 1.04 bits per heavy atom. The fourth-order valence-electron chi connectivity index (χ4n) is 3.23. The van der Waals surface area contributed by atoms with Crippen molar-refractivity contribution in [2.24, 2.45) is 5.92 Å². The van der Waals surface area contributed by atoms with E-state index in [0.29, 0.717) is 0 Å². The first-order chi connectivity index (χ1) is 12.0. The molecule has 0 heterocycles. The van der Waals surface area contributed by atoms with Crippen molar-refractivity contribution < 1.29 is 19.4 Å². The van der Waals surface area contributed by atoms with E-state index in [0.717, 1.165) is 22.3 Å². The van der Waals surface area contributed by atoms with Gasteiger partial charge in [0.2, 0.25) is 0 Å². The summed E-state index contributed by atoms with van der Waals surface area (Å²) in [5, 5.41) is 12.8. The van der Waals surface area contributed by atoms with Crippen molar-refractivity contribution in [3.63, 3.8) is 0 Å². The van der Waals surface area contributed by atoms with Crippen molar-refractivity contribution in [3.05, 3.63) is 59.7 Å². The molecule has 0 unspecified atom stereocenters. The van der Waals surface area contributed by atoms with Crippen LogP contribution in [0.15, 0.2) is 48.5 Å². The van der Waals surface area contributed by atoms with Gasteiger partial charge in [-0.2, -0.15) is 5.32 Å². The first-order valence-electron chi connectivity index (χ1n) is 8.27. The third kappa shape index (κ3) is 3.36. The smallest absolute Gasteiger partial charge is 0.429 e. The Labute approximate surface area is 146 Å². The van der Waals surface area contributed by atoms with Gasteiger partial charge in [0.15, 0.2) is 6.04 Å². The Morgan fingerprint density at radius 2 is 1.56 bits per heavy atom. The molecule has 1 atom stereocenters. The molecule has 2 aromatic carbocycles. The quantitative estimate of drug-likeness (QED) is 0.844. The largest absolute Gasteiger partial charge is 0.480 e. The van der Waals surface area contributed by atoms with Gasteiger partial charge in [0, 0.05) is 5.92 Å². The lowest BCUT2D eigenvalue weighted by molar-refractivity contribution is -0.140. The minimum Gasteiger partial charge on any atom is -0.480 e. The number of hydrogen-bond acceptors (Lipinski definition) is 3. The molecule has 3 rings (SSSR count). The van der Waals surface area contributed by atoms with E-state index >= 15 is 0 Å². The minimum absolute atomic E-state index is 0.0612. The molecule has 1 N–H and O–H groups in total. The third-order valence-corrected chi connectivity index (χ3v) is 4.47. The van der Waals surface area contributed by atoms with Crippen molar-refractivity contribution in [1.82, 2.24) is 5.32 Å². The van der Waals surface area contributed by atoms with Gasteiger partial charge < -0.3 is 9.84 Å². The fourth-order valence-corrected chi connectivity index (χ4v) is 3.23. The molecular formula is C20H20NO4. The van der Waals surface area contributed by atoms with E-state index < -0.39 is 18.1 Å². The number of benzene rings is 2. The van der Waals surface area contributed by atoms with Crippen molar-refractivity contribution in [2.75, 3.05) is 6.61 Å². The summed E-state index contributed by atoms with van der Waals surface area (Å²) in [4.78, 5) is 23.2. The lowest BCUT2D eigenvalue weighted by atomic mass is 9.98. The molecule has 0 aliphatic heterocycles. The van der Waals surface area contributed by atoms with Crippen LogP contribution in [0, 0.1) is 5.92 Å². The van der Waals surface area contributed by atoms with Crippen LogP contribution in [0.25, 0.3) is 11.1 Å². The molecule has 0 saturated heterocycles. The van der Waals surface area contributed by atoms with Crippen LogP contribution in [0.4, 0.5) is 4.79 Å². The highest BCUT2D eigenvalue weighted by molar-refractivity contribution is 5.81. The molecule has 0 spiro atoms. The molecule has 5 heteroatoms. The number of carboxylic acids is 1. The van der Waals surface area contributed by atoms with Gasteiger partial charge in [0.25, 0.3) is 0 Å². The molecule has 129 valence electrons. The predicted molar refractivity (Wildman–Crippen MR) is 93.5 cm³/mol. The van der Waals surface area contributed by atoms with Crippen LogP contribution in [-0.2, 0) is 9.53 Å². The number of fused-ring (bicyclic) bond motifs is 3. The average Bonchev–Trinajstić information content (AvgIpc) is 2.91. The van der Waals surface area contributed by atoms with E-state index in [1.165, 1.54) is 0 Å². The Bertz CT molecular complexity index is 754. The maximum atomic E-state index is 12.0. The number of hydrogen-bond donors (Lipinski definition) is 1. The predicted octanol–water partition coefficient (Wildman–Crippen LogP) is 3.65. The SMILES string of the molecule is CC(C)[C@H]([15N]C(=O)OCC1c2ccccc2-c2ccccc21)C(=O)O. The van der Waals surface area contributed by atoms with E-state index in [-0.39, 0.29) is 18.4 Å². The van der Waals surface area contributed by atoms with E-state index in [1.807, 2.05) is 36.4 Å². The van der Waals surface area contributed by atoms with Crippen LogP contribution in [0.3, 0.4) is 0 Å². The van der Waals surface area contributed by atoms with Crippen LogP contribution in [0.1, 0.15) is 30.9 Å². The normalized spacial score (nSPS) is 13.9. The van der Waals surface area contributed by atoms with Crippen molar-refractivity contribution in [1.29, 1.82) is 0 Å². The summed E-state index contributed by atoms with van der Waals surface area (Å²) in [5.74, 6) is -1.46. The van der Waals surface area contributed by atoms with Crippen molar-refractivity contribution >= 4 is 12.1 Å². The van der Waals surface area contributed by atoms with Gasteiger partial charge in [-0.1, -0.05) is 62.4 Å². The van der Waals surface area contributed by atoms with Crippen LogP contribution < -0.4 is 5.32 Å². The van der Waals surface area contributed by atoms with Crippen LogP contribution in [0.2, 0.25) is 0 Å². The van der Waals surface area contributed by atoms with Gasteiger partial charge in [-0.15, -0.1) is 0 Å². The fraction of sp³-hybridized carbons (Fsp3) is 0.300. The number of aliphatic carboxylic acids is 1. The second-order valence-corrected chi connectivity index (χ2v) is 6.46. The van der Waals surface area contributed by atoms with E-state index in [4.69, 9.17) is 9.84 Å². The number of amides is 1. The summed E-state index contributed by atoms with van der Waals surface area (Å²) >= 11 is 0. The maximum Gasteiger partial charge on any atom is 0.429 e. The van der Waals surface area contributed by atoms with Crippen LogP contribution in [0.5, 0.6) is 0 Å². The number of rotatable bonds is 5. The van der Waals surface area contributed by atoms with Gasteiger partial charge in [0.05, 0.1) is 0 Å². The van der Waals surface area contributed by atoms with E-state index in [1.54, 1.807) is 13.8 Å². The number of carbonyl (C=O) groups is 2. The minimum atomic E-state index is -1.12. The Balaban J connectivity index is 1.73. The number of carbonyl (C=O) groups excluding carboxylic acids is 1. The first-order valence-corrected chi connectivity index (χ1v) is 8.27. The number of nitrogens with zero attached hydrogens (tertiary/aromatic N) is 1. The topological polar surface area (TPSA) is 77.7 Å². The second-order valence-electron chi connectivity index (χ2n) is 6.46. The zero-order valence-electron chi connectivity index (χ0n) is 14.2. The highest BCUT2D eigenvalue weighted by Crippen LogP contribution is 2.44. The third-order valence-electron chi connectivity index (χ3n) is 4.47. The molecule has 25 heavy (non-hydrogen) atoms. The van der Waals surface area contributed by atoms with Gasteiger partial charge in [-0.05, 0) is 28.2 Å². The van der Waals surface area contributed by atoms with Gasteiger partial charge in [0.1, 0.15) is 6.61 Å². The first kappa shape index (κ1) is 17.0. The van der Waals surface area contributed by atoms with E-state index in [2.05, 4.69) is 17.4 Å². The molecule has 0 bridgehead atoms. The van der Waals surface area contributed by atoms with Crippen molar-refractivity contribution in [2.45, 2.75) is 25.8 Å². The monoisotopic (exact) mass is 339 g/mol. The summed E-state index contributed by atoms with van der Waals surface area (Å²) in [7, 11) is 0. The van der Waals surface area contributed by atoms with Crippen LogP contribution in [-0.4, -0.2) is 29.8 Å². The zero-order chi connectivity index (χ0) is 18.0. The van der Waals surface area contributed by atoms with Gasteiger partial charge >= 0.3 is 12.1 Å². The zero-order valence-corrected chi connectivity index (χ0v) is 14.2. The molecule has 0 fully saturated rings. The summed E-state index contributed by atoms with van der Waals surface area (Å²) in [6, 6.07) is 15.0. The average molecular weight is 339 g/mol. The molecule has 1 aliphatic carbocycles. The van der Waals surface area contributed by atoms with Crippen molar-refractivity contribution in [3.8, 4) is 11.1 Å². The van der Waals surface area contributed by atoms with Gasteiger partial charge in [-0.25, -0.2) is 9.59 Å². The lowest BCUT2D eigenvalue weighted by Gasteiger charge is -2.17. The Hall–Kier alpha value is -2.82. The summed E-state index contributed by atoms with van der Waals surface area (Å²) < 4.78 is 5.30. The molecule has 0 aromatic heterocycles. The second kappa shape index (κ2) is 6.97. The standard InChI is InChI=1S/C20H20NO4/c1-12(2)18(19(22)23)21-20(24)25-11-17-15-9-5-3-7-13(15)14-8-4-6-10-16(14)17/h3-10,12,17-18H,11H2,1-2H3,(H,22,23)/t18-/m0/s1/i21+1. The van der Waals surface area contributed by atoms with Gasteiger partial charge in [-0.3, -0.25) is 0 Å². The molecule has 1 aliphatic rings. The summed E-state index contributed by atoms with van der Waals surface area (Å²) in [5.41, 5.74) is 4.49. The lowest BCUT2D eigenvalue weighted by Crippen LogP contribution is -2.39. The number of ether oxygens (including phenoxy) is 1. The highest BCUT2D eigenvalue weighted by Gasteiger charge is 2.30. The Morgan fingerprint density at radius 3 is 2.04 bits per heavy atom.